The Bertz CT molecular complexity index is 769. The Kier molecular flexibility index (Phi) is 5.88. The van der Waals surface area contributed by atoms with E-state index in [9.17, 15) is 14.0 Å². The van der Waals surface area contributed by atoms with Gasteiger partial charge in [-0.2, -0.15) is 0 Å². The van der Waals surface area contributed by atoms with E-state index in [4.69, 9.17) is 0 Å². The molecule has 0 radical (unpaired) electrons. The summed E-state index contributed by atoms with van der Waals surface area (Å²) in [5.41, 5.74) is 1.02. The largest absolute Gasteiger partial charge is 0.349 e. The summed E-state index contributed by atoms with van der Waals surface area (Å²) >= 11 is 0. The van der Waals surface area contributed by atoms with Gasteiger partial charge >= 0.3 is 0 Å². The average Bonchev–Trinajstić information content (AvgIpc) is 2.66. The van der Waals surface area contributed by atoms with Gasteiger partial charge in [0.1, 0.15) is 11.5 Å². The van der Waals surface area contributed by atoms with Crippen LogP contribution in [0.15, 0.2) is 42.9 Å². The number of nitrogens with one attached hydrogen (secondary N) is 1. The van der Waals surface area contributed by atoms with Gasteiger partial charge in [-0.3, -0.25) is 14.6 Å². The highest BCUT2D eigenvalue weighted by molar-refractivity contribution is 5.91. The first-order valence-corrected chi connectivity index (χ1v) is 8.71. The van der Waals surface area contributed by atoms with Gasteiger partial charge in [0.15, 0.2) is 0 Å². The van der Waals surface area contributed by atoms with Gasteiger partial charge in [0.05, 0.1) is 12.2 Å². The quantitative estimate of drug-likeness (QED) is 0.859. The van der Waals surface area contributed by atoms with Gasteiger partial charge in [0.2, 0.25) is 5.91 Å². The highest BCUT2D eigenvalue weighted by atomic mass is 19.1. The SMILES string of the molecule is O=C(NC[C@H](Cc1cccc(F)c1)N1CCCCC1=O)c1cnccn1. The summed E-state index contributed by atoms with van der Waals surface area (Å²) in [6.07, 6.45) is 7.14. The highest BCUT2D eigenvalue weighted by Crippen LogP contribution is 2.17. The molecule has 0 unspecified atom stereocenters. The third-order valence-electron chi connectivity index (χ3n) is 4.46. The fourth-order valence-electron chi connectivity index (χ4n) is 3.16. The third-order valence-corrected chi connectivity index (χ3v) is 4.46. The van der Waals surface area contributed by atoms with Crippen molar-refractivity contribution in [2.75, 3.05) is 13.1 Å². The lowest BCUT2D eigenvalue weighted by Crippen LogP contribution is -2.50. The van der Waals surface area contributed by atoms with Crippen LogP contribution in [0.3, 0.4) is 0 Å². The van der Waals surface area contributed by atoms with Crippen molar-refractivity contribution in [3.8, 4) is 0 Å². The van der Waals surface area contributed by atoms with Gasteiger partial charge in [-0.25, -0.2) is 9.37 Å². The first-order valence-electron chi connectivity index (χ1n) is 8.71. The Morgan fingerprint density at radius 2 is 2.19 bits per heavy atom. The van der Waals surface area contributed by atoms with E-state index < -0.39 is 0 Å². The zero-order valence-electron chi connectivity index (χ0n) is 14.4. The van der Waals surface area contributed by atoms with Crippen LogP contribution in [0.1, 0.15) is 35.3 Å². The normalized spacial score (nSPS) is 15.6. The number of piperidine rings is 1. The van der Waals surface area contributed by atoms with Crippen LogP contribution in [-0.2, 0) is 11.2 Å². The second kappa shape index (κ2) is 8.51. The fraction of sp³-hybridized carbons (Fsp3) is 0.368. The molecule has 1 aliphatic heterocycles. The van der Waals surface area contributed by atoms with Gasteiger partial charge in [-0.15, -0.1) is 0 Å². The molecule has 0 spiro atoms. The number of hydrogen-bond acceptors (Lipinski definition) is 4. The molecule has 1 aromatic carbocycles. The summed E-state index contributed by atoms with van der Waals surface area (Å²) in [6, 6.07) is 6.10. The van der Waals surface area contributed by atoms with E-state index in [1.165, 1.54) is 30.7 Å². The maximum Gasteiger partial charge on any atom is 0.271 e. The van der Waals surface area contributed by atoms with Crippen molar-refractivity contribution < 1.29 is 14.0 Å². The molecule has 136 valence electrons. The summed E-state index contributed by atoms with van der Waals surface area (Å²) in [5.74, 6) is -0.576. The number of amides is 2. The fourth-order valence-corrected chi connectivity index (χ4v) is 3.16. The van der Waals surface area contributed by atoms with Crippen molar-refractivity contribution >= 4 is 11.8 Å². The minimum absolute atomic E-state index is 0.0754. The molecule has 1 saturated heterocycles. The van der Waals surface area contributed by atoms with E-state index in [0.29, 0.717) is 19.4 Å². The van der Waals surface area contributed by atoms with Gasteiger partial charge in [0, 0.05) is 31.9 Å². The molecule has 1 aromatic heterocycles. The summed E-state index contributed by atoms with van der Waals surface area (Å²) < 4.78 is 13.5. The maximum absolute atomic E-state index is 13.5. The number of carbonyl (C=O) groups is 2. The van der Waals surface area contributed by atoms with Crippen LogP contribution in [0, 0.1) is 5.82 Å². The lowest BCUT2D eigenvalue weighted by atomic mass is 10.0. The Morgan fingerprint density at radius 1 is 1.31 bits per heavy atom. The molecule has 3 rings (SSSR count). The number of nitrogens with zero attached hydrogens (tertiary/aromatic N) is 3. The van der Waals surface area contributed by atoms with E-state index in [1.54, 1.807) is 11.0 Å². The van der Waals surface area contributed by atoms with Crippen molar-refractivity contribution in [3.63, 3.8) is 0 Å². The number of halogens is 1. The van der Waals surface area contributed by atoms with Gasteiger partial charge in [-0.1, -0.05) is 12.1 Å². The average molecular weight is 356 g/mol. The maximum atomic E-state index is 13.5. The monoisotopic (exact) mass is 356 g/mol. The minimum atomic E-state index is -0.341. The Balaban J connectivity index is 1.72. The van der Waals surface area contributed by atoms with E-state index >= 15 is 0 Å². The molecule has 7 heteroatoms. The summed E-state index contributed by atoms with van der Waals surface area (Å²) in [6.45, 7) is 0.928. The lowest BCUT2D eigenvalue weighted by molar-refractivity contribution is -0.135. The molecule has 0 saturated carbocycles. The number of hydrogen-bond donors (Lipinski definition) is 1. The van der Waals surface area contributed by atoms with Crippen molar-refractivity contribution in [2.45, 2.75) is 31.7 Å². The second-order valence-corrected chi connectivity index (χ2v) is 6.33. The Hall–Kier alpha value is -2.83. The van der Waals surface area contributed by atoms with Crippen LogP contribution in [0.25, 0.3) is 0 Å². The zero-order chi connectivity index (χ0) is 18.4. The molecule has 1 aliphatic rings. The predicted octanol–water partition coefficient (Wildman–Crippen LogP) is 1.97. The van der Waals surface area contributed by atoms with E-state index in [0.717, 1.165) is 18.4 Å². The van der Waals surface area contributed by atoms with E-state index in [-0.39, 0.29) is 35.9 Å². The number of rotatable bonds is 6. The van der Waals surface area contributed by atoms with Crippen molar-refractivity contribution in [1.82, 2.24) is 20.2 Å². The molecule has 26 heavy (non-hydrogen) atoms. The van der Waals surface area contributed by atoms with Crippen LogP contribution >= 0.6 is 0 Å². The van der Waals surface area contributed by atoms with Crippen LogP contribution in [0.5, 0.6) is 0 Å². The molecule has 1 atom stereocenters. The van der Waals surface area contributed by atoms with Crippen LogP contribution in [0.4, 0.5) is 4.39 Å². The second-order valence-electron chi connectivity index (χ2n) is 6.33. The van der Waals surface area contributed by atoms with Crippen molar-refractivity contribution in [2.24, 2.45) is 0 Å². The van der Waals surface area contributed by atoms with Crippen molar-refractivity contribution in [1.29, 1.82) is 0 Å². The predicted molar refractivity (Wildman–Crippen MR) is 93.8 cm³/mol. The van der Waals surface area contributed by atoms with Crippen LogP contribution < -0.4 is 5.32 Å². The molecule has 2 amide bonds. The molecular weight excluding hydrogens is 335 g/mol. The van der Waals surface area contributed by atoms with Gasteiger partial charge in [0.25, 0.3) is 5.91 Å². The first kappa shape index (κ1) is 18.0. The molecular formula is C19H21FN4O2. The van der Waals surface area contributed by atoms with E-state index in [1.807, 2.05) is 6.07 Å². The van der Waals surface area contributed by atoms with Gasteiger partial charge < -0.3 is 10.2 Å². The lowest BCUT2D eigenvalue weighted by Gasteiger charge is -2.35. The molecule has 6 nitrogen and oxygen atoms in total. The van der Waals surface area contributed by atoms with Gasteiger partial charge in [-0.05, 0) is 37.0 Å². The number of aromatic nitrogens is 2. The summed E-state index contributed by atoms with van der Waals surface area (Å²) in [7, 11) is 0. The molecule has 0 bridgehead atoms. The molecule has 1 N–H and O–H groups in total. The third kappa shape index (κ3) is 4.62. The molecule has 2 heterocycles. The first-order chi connectivity index (χ1) is 12.6. The standard InChI is InChI=1S/C19H21FN4O2/c20-15-5-3-4-14(10-15)11-16(24-9-2-1-6-18(24)25)12-23-19(26)17-13-21-7-8-22-17/h3-5,7-8,10,13,16H,1-2,6,9,11-12H2,(H,23,26)/t16-/m0/s1. The minimum Gasteiger partial charge on any atom is -0.349 e. The number of benzene rings is 1. The number of carbonyl (C=O) groups excluding carboxylic acids is 2. The van der Waals surface area contributed by atoms with Crippen LogP contribution in [-0.4, -0.2) is 45.8 Å². The topological polar surface area (TPSA) is 75.2 Å². The summed E-state index contributed by atoms with van der Waals surface area (Å²) in [4.78, 5) is 34.2. The Labute approximate surface area is 151 Å². The molecule has 1 fully saturated rings. The number of likely N-dealkylation sites (tertiary alicyclic amines) is 1. The summed E-state index contributed by atoms with van der Waals surface area (Å²) in [5, 5.41) is 2.82. The van der Waals surface area contributed by atoms with Crippen molar-refractivity contribution in [3.05, 3.63) is 59.9 Å². The highest BCUT2D eigenvalue weighted by Gasteiger charge is 2.27. The van der Waals surface area contributed by atoms with E-state index in [2.05, 4.69) is 15.3 Å². The zero-order valence-corrected chi connectivity index (χ0v) is 14.4. The smallest absolute Gasteiger partial charge is 0.271 e. The van der Waals surface area contributed by atoms with Crippen LogP contribution in [0.2, 0.25) is 0 Å². The molecule has 0 aliphatic carbocycles. The molecule has 2 aromatic rings. The Morgan fingerprint density at radius 3 is 2.92 bits per heavy atom.